The molecule has 7 heteroatoms. The number of hydrogen-bond acceptors (Lipinski definition) is 5. The van der Waals surface area contributed by atoms with E-state index in [-0.39, 0.29) is 16.4 Å². The maximum atomic E-state index is 13.4. The van der Waals surface area contributed by atoms with Gasteiger partial charge in [0, 0.05) is 6.04 Å². The summed E-state index contributed by atoms with van der Waals surface area (Å²) in [5.74, 6) is -0.381. The highest BCUT2D eigenvalue weighted by atomic mass is 32.2. The van der Waals surface area contributed by atoms with Crippen LogP contribution in [0.25, 0.3) is 0 Å². The first kappa shape index (κ1) is 21.1. The number of benzene rings is 1. The maximum absolute atomic E-state index is 13.4. The standard InChI is InChI=1S/C22H31NO4S2/c24-28(25)15-21(23-13-12-17-6-2-1-3-7-17)22(16-28)29(26,27)20-11-10-18-8-4-5-9-19(18)14-20/h6,10-11,14,21-23H,1-5,7-9,12-13,15-16H2/t21-,22-/m0/s1. The molecular weight excluding hydrogens is 406 g/mol. The Balaban J connectivity index is 1.51. The van der Waals surface area contributed by atoms with Crippen LogP contribution in [0.15, 0.2) is 34.7 Å². The second-order valence-corrected chi connectivity index (χ2v) is 13.0. The number of hydrogen-bond donors (Lipinski definition) is 1. The Morgan fingerprint density at radius 2 is 1.72 bits per heavy atom. The van der Waals surface area contributed by atoms with Gasteiger partial charge in [-0.15, -0.1) is 0 Å². The summed E-state index contributed by atoms with van der Waals surface area (Å²) in [5.41, 5.74) is 3.73. The Kier molecular flexibility index (Phi) is 6.19. The number of nitrogens with one attached hydrogen (secondary N) is 1. The molecule has 1 aromatic rings. The molecule has 0 unspecified atom stereocenters. The molecule has 3 aliphatic rings. The van der Waals surface area contributed by atoms with Crippen LogP contribution in [-0.4, -0.2) is 46.2 Å². The first-order valence-corrected chi connectivity index (χ1v) is 14.2. The van der Waals surface area contributed by atoms with E-state index in [4.69, 9.17) is 0 Å². The molecule has 1 saturated heterocycles. The molecule has 2 atom stereocenters. The predicted octanol–water partition coefficient (Wildman–Crippen LogP) is 2.98. The average Bonchev–Trinajstić information content (AvgIpc) is 3.03. The van der Waals surface area contributed by atoms with Crippen molar-refractivity contribution in [2.24, 2.45) is 0 Å². The summed E-state index contributed by atoms with van der Waals surface area (Å²) < 4.78 is 51.4. The summed E-state index contributed by atoms with van der Waals surface area (Å²) in [6, 6.07) is 4.85. The average molecular weight is 438 g/mol. The quantitative estimate of drug-likeness (QED) is 0.692. The van der Waals surface area contributed by atoms with Crippen LogP contribution >= 0.6 is 0 Å². The third-order valence-electron chi connectivity index (χ3n) is 6.59. The van der Waals surface area contributed by atoms with Crippen LogP contribution in [0.2, 0.25) is 0 Å². The lowest BCUT2D eigenvalue weighted by molar-refractivity contribution is 0.523. The zero-order valence-electron chi connectivity index (χ0n) is 16.9. The molecule has 0 saturated carbocycles. The highest BCUT2D eigenvalue weighted by molar-refractivity contribution is 7.96. The van der Waals surface area contributed by atoms with E-state index in [0.29, 0.717) is 6.54 Å². The summed E-state index contributed by atoms with van der Waals surface area (Å²) in [6.07, 6.45) is 11.9. The molecule has 1 N–H and O–H groups in total. The van der Waals surface area contributed by atoms with Gasteiger partial charge >= 0.3 is 0 Å². The van der Waals surface area contributed by atoms with E-state index < -0.39 is 31.0 Å². The van der Waals surface area contributed by atoms with E-state index in [0.717, 1.165) is 50.5 Å². The minimum atomic E-state index is -3.70. The van der Waals surface area contributed by atoms with Gasteiger partial charge in [0.2, 0.25) is 0 Å². The molecule has 1 fully saturated rings. The SMILES string of the molecule is O=S1(=O)C[C@H](NCCC2=CCCCC2)[C@@H](S(=O)(=O)c2ccc3c(c2)CCCC3)C1. The highest BCUT2D eigenvalue weighted by Crippen LogP contribution is 2.30. The maximum Gasteiger partial charge on any atom is 0.183 e. The lowest BCUT2D eigenvalue weighted by Crippen LogP contribution is -2.43. The smallest absolute Gasteiger partial charge is 0.183 e. The van der Waals surface area contributed by atoms with Crippen LogP contribution < -0.4 is 5.32 Å². The number of allylic oxidation sites excluding steroid dienone is 1. The number of aryl methyl sites for hydroxylation is 2. The van der Waals surface area contributed by atoms with E-state index in [9.17, 15) is 16.8 Å². The van der Waals surface area contributed by atoms with Gasteiger partial charge in [-0.3, -0.25) is 0 Å². The zero-order chi connectivity index (χ0) is 20.5. The molecule has 2 aliphatic carbocycles. The van der Waals surface area contributed by atoms with Gasteiger partial charge in [0.1, 0.15) is 0 Å². The summed E-state index contributed by atoms with van der Waals surface area (Å²) >= 11 is 0. The Labute approximate surface area is 174 Å². The fraction of sp³-hybridized carbons (Fsp3) is 0.636. The first-order chi connectivity index (χ1) is 13.9. The van der Waals surface area contributed by atoms with E-state index in [1.54, 1.807) is 12.1 Å². The summed E-state index contributed by atoms with van der Waals surface area (Å²) in [4.78, 5) is 0.280. The van der Waals surface area contributed by atoms with Gasteiger partial charge < -0.3 is 5.32 Å². The number of sulfone groups is 2. The molecule has 160 valence electrons. The highest BCUT2D eigenvalue weighted by Gasteiger charge is 2.45. The predicted molar refractivity (Wildman–Crippen MR) is 116 cm³/mol. The molecule has 0 spiro atoms. The molecule has 0 amide bonds. The van der Waals surface area contributed by atoms with E-state index >= 15 is 0 Å². The summed E-state index contributed by atoms with van der Waals surface area (Å²) in [5, 5.41) is 2.37. The largest absolute Gasteiger partial charge is 0.311 e. The third kappa shape index (κ3) is 4.78. The summed E-state index contributed by atoms with van der Waals surface area (Å²) in [6.45, 7) is 0.627. The van der Waals surface area contributed by atoms with Crippen molar-refractivity contribution in [2.75, 3.05) is 18.1 Å². The Morgan fingerprint density at radius 3 is 2.48 bits per heavy atom. The molecule has 0 bridgehead atoms. The van der Waals surface area contributed by atoms with Gasteiger partial charge in [-0.1, -0.05) is 17.7 Å². The first-order valence-electron chi connectivity index (χ1n) is 10.8. The molecule has 4 rings (SSSR count). The van der Waals surface area contributed by atoms with Crippen molar-refractivity contribution >= 4 is 19.7 Å². The molecule has 1 aliphatic heterocycles. The Bertz CT molecular complexity index is 996. The Morgan fingerprint density at radius 1 is 0.966 bits per heavy atom. The fourth-order valence-electron chi connectivity index (χ4n) is 4.92. The fourth-order valence-corrected chi connectivity index (χ4v) is 9.69. The van der Waals surface area contributed by atoms with Crippen LogP contribution in [0.3, 0.4) is 0 Å². The molecule has 1 heterocycles. The van der Waals surface area contributed by atoms with Crippen molar-refractivity contribution in [1.29, 1.82) is 0 Å². The van der Waals surface area contributed by atoms with Crippen LogP contribution in [0.4, 0.5) is 0 Å². The van der Waals surface area contributed by atoms with Gasteiger partial charge in [-0.25, -0.2) is 16.8 Å². The van der Waals surface area contributed by atoms with Crippen molar-refractivity contribution in [2.45, 2.75) is 74.0 Å². The third-order valence-corrected chi connectivity index (χ3v) is 10.7. The number of fused-ring (bicyclic) bond motifs is 1. The molecule has 29 heavy (non-hydrogen) atoms. The Hall–Kier alpha value is -1.18. The van der Waals surface area contributed by atoms with E-state index in [2.05, 4.69) is 11.4 Å². The van der Waals surface area contributed by atoms with Crippen molar-refractivity contribution in [3.05, 3.63) is 41.0 Å². The lowest BCUT2D eigenvalue weighted by atomic mass is 9.92. The van der Waals surface area contributed by atoms with Gasteiger partial charge in [-0.05, 0) is 87.6 Å². The van der Waals surface area contributed by atoms with E-state index in [1.807, 2.05) is 6.07 Å². The van der Waals surface area contributed by atoms with Gasteiger partial charge in [-0.2, -0.15) is 0 Å². The van der Waals surface area contributed by atoms with E-state index in [1.165, 1.54) is 24.0 Å². The molecule has 0 aromatic heterocycles. The van der Waals surface area contributed by atoms with Gasteiger partial charge in [0.15, 0.2) is 19.7 Å². The van der Waals surface area contributed by atoms with Crippen molar-refractivity contribution in [3.8, 4) is 0 Å². The molecule has 0 radical (unpaired) electrons. The van der Waals surface area contributed by atoms with Crippen LogP contribution in [-0.2, 0) is 32.5 Å². The van der Waals surface area contributed by atoms with Crippen LogP contribution in [0.1, 0.15) is 56.1 Å². The minimum absolute atomic E-state index is 0.0963. The minimum Gasteiger partial charge on any atom is -0.311 e. The molecule has 1 aromatic carbocycles. The van der Waals surface area contributed by atoms with Crippen LogP contribution in [0.5, 0.6) is 0 Å². The second-order valence-electron chi connectivity index (χ2n) is 8.72. The van der Waals surface area contributed by atoms with Crippen molar-refractivity contribution in [1.82, 2.24) is 5.32 Å². The van der Waals surface area contributed by atoms with Crippen molar-refractivity contribution < 1.29 is 16.8 Å². The number of rotatable bonds is 6. The lowest BCUT2D eigenvalue weighted by Gasteiger charge is -2.22. The summed E-state index contributed by atoms with van der Waals surface area (Å²) in [7, 11) is -7.07. The zero-order valence-corrected chi connectivity index (χ0v) is 18.5. The molecule has 5 nitrogen and oxygen atoms in total. The van der Waals surface area contributed by atoms with Gasteiger partial charge in [0.25, 0.3) is 0 Å². The second kappa shape index (κ2) is 8.52. The topological polar surface area (TPSA) is 80.3 Å². The van der Waals surface area contributed by atoms with Crippen LogP contribution in [0, 0.1) is 0 Å². The normalized spacial score (nSPS) is 26.7. The van der Waals surface area contributed by atoms with Gasteiger partial charge in [0.05, 0.1) is 21.7 Å². The van der Waals surface area contributed by atoms with Crippen molar-refractivity contribution in [3.63, 3.8) is 0 Å². The molecular formula is C22H31NO4S2. The monoisotopic (exact) mass is 437 g/mol.